The molecule has 0 amide bonds. The van der Waals surface area contributed by atoms with Gasteiger partial charge in [0.05, 0.1) is 5.02 Å². The highest BCUT2D eigenvalue weighted by atomic mass is 35.5. The van der Waals surface area contributed by atoms with Crippen LogP contribution in [0.4, 0.5) is 10.1 Å². The second kappa shape index (κ2) is 5.50. The molecule has 1 aromatic rings. The van der Waals surface area contributed by atoms with E-state index in [1.165, 1.54) is 6.07 Å². The van der Waals surface area contributed by atoms with Crippen molar-refractivity contribution in [2.24, 2.45) is 11.8 Å². The van der Waals surface area contributed by atoms with E-state index in [2.05, 4.69) is 11.6 Å². The smallest absolute Gasteiger partial charge is 0.243 e. The Bertz CT molecular complexity index is 621. The standard InChI is InChI=1S/C13H18ClFN2O2S/c1-7-3-4-11(8(7)2)17-20(18,19)12-6-9(16)5-10(14)13(12)15/h5-8,11,17H,3-4,16H2,1-2H3. The third kappa shape index (κ3) is 2.92. The Morgan fingerprint density at radius 2 is 2.00 bits per heavy atom. The van der Waals surface area contributed by atoms with E-state index in [1.807, 2.05) is 6.92 Å². The van der Waals surface area contributed by atoms with Crippen molar-refractivity contribution in [1.82, 2.24) is 4.72 Å². The van der Waals surface area contributed by atoms with E-state index in [4.69, 9.17) is 17.3 Å². The second-order valence-electron chi connectivity index (χ2n) is 5.46. The Morgan fingerprint density at radius 1 is 1.35 bits per heavy atom. The highest BCUT2D eigenvalue weighted by Crippen LogP contribution is 2.33. The van der Waals surface area contributed by atoms with Crippen LogP contribution in [0.5, 0.6) is 0 Å². The highest BCUT2D eigenvalue weighted by Gasteiger charge is 2.34. The molecule has 1 fully saturated rings. The molecule has 0 heterocycles. The molecule has 4 nitrogen and oxygen atoms in total. The van der Waals surface area contributed by atoms with Crippen LogP contribution in [-0.4, -0.2) is 14.5 Å². The molecule has 1 aromatic carbocycles. The molecule has 0 saturated heterocycles. The first-order valence-corrected chi connectivity index (χ1v) is 8.35. The maximum absolute atomic E-state index is 13.9. The number of benzene rings is 1. The maximum atomic E-state index is 13.9. The zero-order chi connectivity index (χ0) is 15.1. The maximum Gasteiger partial charge on any atom is 0.243 e. The Morgan fingerprint density at radius 3 is 2.55 bits per heavy atom. The number of nitrogen functional groups attached to an aromatic ring is 1. The van der Waals surface area contributed by atoms with Crippen molar-refractivity contribution < 1.29 is 12.8 Å². The molecular weight excluding hydrogens is 303 g/mol. The van der Waals surface area contributed by atoms with Crippen LogP contribution in [-0.2, 0) is 10.0 Å². The average molecular weight is 321 g/mol. The van der Waals surface area contributed by atoms with Crippen LogP contribution in [0.15, 0.2) is 17.0 Å². The largest absolute Gasteiger partial charge is 0.399 e. The monoisotopic (exact) mass is 320 g/mol. The molecule has 1 aliphatic carbocycles. The van der Waals surface area contributed by atoms with Gasteiger partial charge in [-0.15, -0.1) is 0 Å². The fraction of sp³-hybridized carbons (Fsp3) is 0.538. The van der Waals surface area contributed by atoms with Crippen molar-refractivity contribution in [3.8, 4) is 0 Å². The van der Waals surface area contributed by atoms with E-state index in [9.17, 15) is 12.8 Å². The highest BCUT2D eigenvalue weighted by molar-refractivity contribution is 7.89. The number of anilines is 1. The van der Waals surface area contributed by atoms with Gasteiger partial charge in [0.1, 0.15) is 4.90 Å². The zero-order valence-corrected chi connectivity index (χ0v) is 12.9. The minimum atomic E-state index is -3.97. The summed E-state index contributed by atoms with van der Waals surface area (Å²) >= 11 is 5.65. The van der Waals surface area contributed by atoms with Crippen molar-refractivity contribution >= 4 is 27.3 Å². The number of hydrogen-bond donors (Lipinski definition) is 2. The van der Waals surface area contributed by atoms with Crippen LogP contribution < -0.4 is 10.5 Å². The fourth-order valence-corrected chi connectivity index (χ4v) is 4.35. The van der Waals surface area contributed by atoms with Gasteiger partial charge in [-0.05, 0) is 36.8 Å². The van der Waals surface area contributed by atoms with Gasteiger partial charge in [-0.1, -0.05) is 25.4 Å². The van der Waals surface area contributed by atoms with Crippen LogP contribution >= 0.6 is 11.6 Å². The Balaban J connectivity index is 2.32. The molecule has 3 unspecified atom stereocenters. The number of sulfonamides is 1. The summed E-state index contributed by atoms with van der Waals surface area (Å²) < 4.78 is 41.1. The van der Waals surface area contributed by atoms with Gasteiger partial charge < -0.3 is 5.73 Å². The van der Waals surface area contributed by atoms with E-state index in [-0.39, 0.29) is 22.7 Å². The van der Waals surface area contributed by atoms with E-state index in [0.29, 0.717) is 5.92 Å². The van der Waals surface area contributed by atoms with Gasteiger partial charge in [0, 0.05) is 11.7 Å². The fourth-order valence-electron chi connectivity index (χ4n) is 2.57. The van der Waals surface area contributed by atoms with Gasteiger partial charge in [0.25, 0.3) is 0 Å². The number of nitrogens with one attached hydrogen (secondary N) is 1. The molecule has 112 valence electrons. The van der Waals surface area contributed by atoms with E-state index >= 15 is 0 Å². The van der Waals surface area contributed by atoms with Crippen molar-refractivity contribution in [2.75, 3.05) is 5.73 Å². The first-order valence-electron chi connectivity index (χ1n) is 6.49. The molecular formula is C13H18ClFN2O2S. The quantitative estimate of drug-likeness (QED) is 0.841. The van der Waals surface area contributed by atoms with E-state index < -0.39 is 20.7 Å². The molecule has 0 spiro atoms. The predicted molar refractivity (Wildman–Crippen MR) is 77.5 cm³/mol. The third-order valence-electron chi connectivity index (χ3n) is 4.08. The van der Waals surface area contributed by atoms with Crippen LogP contribution in [0, 0.1) is 17.7 Å². The summed E-state index contributed by atoms with van der Waals surface area (Å²) in [5.41, 5.74) is 5.65. The number of hydrogen-bond acceptors (Lipinski definition) is 3. The van der Waals surface area contributed by atoms with Crippen LogP contribution in [0.1, 0.15) is 26.7 Å². The predicted octanol–water partition coefficient (Wildman–Crippen LogP) is 2.77. The summed E-state index contributed by atoms with van der Waals surface area (Å²) in [5.74, 6) is -0.312. The van der Waals surface area contributed by atoms with Crippen molar-refractivity contribution in [2.45, 2.75) is 37.6 Å². The Hall–Kier alpha value is -0.850. The van der Waals surface area contributed by atoms with Gasteiger partial charge in [0.2, 0.25) is 10.0 Å². The first kappa shape index (κ1) is 15.5. The lowest BCUT2D eigenvalue weighted by atomic mass is 9.98. The topological polar surface area (TPSA) is 72.2 Å². The van der Waals surface area contributed by atoms with Gasteiger partial charge in [-0.3, -0.25) is 0 Å². The lowest BCUT2D eigenvalue weighted by Gasteiger charge is -2.20. The van der Waals surface area contributed by atoms with Crippen LogP contribution in [0.2, 0.25) is 5.02 Å². The van der Waals surface area contributed by atoms with Crippen molar-refractivity contribution in [3.05, 3.63) is 23.0 Å². The molecule has 0 bridgehead atoms. The van der Waals surface area contributed by atoms with Crippen LogP contribution in [0.3, 0.4) is 0 Å². The minimum Gasteiger partial charge on any atom is -0.399 e. The van der Waals surface area contributed by atoms with Gasteiger partial charge in [0.15, 0.2) is 5.82 Å². The van der Waals surface area contributed by atoms with Gasteiger partial charge >= 0.3 is 0 Å². The summed E-state index contributed by atoms with van der Waals surface area (Å²) in [7, 11) is -3.97. The molecule has 0 radical (unpaired) electrons. The molecule has 1 saturated carbocycles. The molecule has 20 heavy (non-hydrogen) atoms. The number of halogens is 2. The minimum absolute atomic E-state index is 0.115. The van der Waals surface area contributed by atoms with Crippen LogP contribution in [0.25, 0.3) is 0 Å². The van der Waals surface area contributed by atoms with Gasteiger partial charge in [-0.2, -0.15) is 0 Å². The molecule has 1 aliphatic rings. The SMILES string of the molecule is CC1CCC(NS(=O)(=O)c2cc(N)cc(Cl)c2F)C1C. The lowest BCUT2D eigenvalue weighted by Crippen LogP contribution is -2.37. The van der Waals surface area contributed by atoms with Gasteiger partial charge in [-0.25, -0.2) is 17.5 Å². The Labute approximate surface area is 123 Å². The third-order valence-corrected chi connectivity index (χ3v) is 5.84. The zero-order valence-electron chi connectivity index (χ0n) is 11.4. The van der Waals surface area contributed by atoms with Crippen molar-refractivity contribution in [1.29, 1.82) is 0 Å². The summed E-state index contributed by atoms with van der Waals surface area (Å²) in [5, 5.41) is -0.293. The Kier molecular flexibility index (Phi) is 4.27. The first-order chi connectivity index (χ1) is 9.22. The average Bonchev–Trinajstić information content (AvgIpc) is 2.65. The van der Waals surface area contributed by atoms with Crippen molar-refractivity contribution in [3.63, 3.8) is 0 Å². The normalized spacial score (nSPS) is 26.9. The molecule has 7 heteroatoms. The van der Waals surface area contributed by atoms with E-state index in [0.717, 1.165) is 18.9 Å². The molecule has 0 aliphatic heterocycles. The summed E-state index contributed by atoms with van der Waals surface area (Å²) in [6, 6.07) is 2.09. The second-order valence-corrected chi connectivity index (χ2v) is 7.55. The van der Waals surface area contributed by atoms with E-state index in [1.54, 1.807) is 0 Å². The molecule has 2 rings (SSSR count). The summed E-state index contributed by atoms with van der Waals surface area (Å²) in [6.45, 7) is 4.07. The summed E-state index contributed by atoms with van der Waals surface area (Å²) in [4.78, 5) is -0.491. The molecule has 3 atom stereocenters. The number of rotatable bonds is 3. The summed E-state index contributed by atoms with van der Waals surface area (Å²) in [6.07, 6.45) is 1.70. The molecule has 0 aromatic heterocycles. The molecule has 3 N–H and O–H groups in total. The number of nitrogens with two attached hydrogens (primary N) is 1. The lowest BCUT2D eigenvalue weighted by molar-refractivity contribution is 0.401.